The number of aromatic nitrogens is 2. The fourth-order valence-electron chi connectivity index (χ4n) is 5.05. The molecule has 1 aliphatic carbocycles. The van der Waals surface area contributed by atoms with Crippen LogP contribution in [0.25, 0.3) is 22.0 Å². The van der Waals surface area contributed by atoms with Gasteiger partial charge < -0.3 is 16.4 Å². The Hall–Kier alpha value is -5.23. The maximum Gasteiger partial charge on any atom is 0.244 e. The molecule has 2 aromatic heterocycles. The Bertz CT molecular complexity index is 1710. The van der Waals surface area contributed by atoms with Crippen LogP contribution in [0.4, 0.5) is 17.1 Å². The summed E-state index contributed by atoms with van der Waals surface area (Å²) in [4.78, 5) is 21.0. The van der Waals surface area contributed by atoms with Gasteiger partial charge in [-0.3, -0.25) is 14.8 Å². The van der Waals surface area contributed by atoms with Crippen molar-refractivity contribution in [3.05, 3.63) is 139 Å². The molecule has 1 atom stereocenters. The third kappa shape index (κ3) is 5.00. The van der Waals surface area contributed by atoms with Crippen molar-refractivity contribution in [1.82, 2.24) is 9.97 Å². The molecule has 1 aliphatic rings. The first-order chi connectivity index (χ1) is 19.1. The van der Waals surface area contributed by atoms with Gasteiger partial charge >= 0.3 is 0 Å². The zero-order valence-electron chi connectivity index (χ0n) is 21.2. The van der Waals surface area contributed by atoms with Crippen molar-refractivity contribution >= 4 is 33.9 Å². The van der Waals surface area contributed by atoms with Gasteiger partial charge in [-0.25, -0.2) is 0 Å². The van der Waals surface area contributed by atoms with Gasteiger partial charge in [-0.15, -0.1) is 0 Å². The Labute approximate surface area is 226 Å². The molecule has 1 amide bonds. The molecule has 6 rings (SSSR count). The van der Waals surface area contributed by atoms with E-state index < -0.39 is 11.4 Å². The average molecular weight is 510 g/mol. The Balaban J connectivity index is 1.44. The number of hydrogen-bond donors (Lipinski definition) is 3. The minimum absolute atomic E-state index is 0.403. The Morgan fingerprint density at radius 3 is 2.49 bits per heavy atom. The average Bonchev–Trinajstić information content (AvgIpc) is 2.98. The summed E-state index contributed by atoms with van der Waals surface area (Å²) in [5.74, 6) is -0.428. The molecule has 4 N–H and O–H groups in total. The number of hydrogen-bond acceptors (Lipinski definition) is 5. The Morgan fingerprint density at radius 1 is 0.821 bits per heavy atom. The molecule has 0 spiro atoms. The van der Waals surface area contributed by atoms with Gasteiger partial charge in [0.05, 0.1) is 11.1 Å². The van der Waals surface area contributed by atoms with Crippen molar-refractivity contribution in [2.45, 2.75) is 12.0 Å². The van der Waals surface area contributed by atoms with Crippen LogP contribution >= 0.6 is 0 Å². The van der Waals surface area contributed by atoms with Gasteiger partial charge in [0.25, 0.3) is 0 Å². The first-order valence-corrected chi connectivity index (χ1v) is 12.8. The lowest BCUT2D eigenvalue weighted by Crippen LogP contribution is -2.37. The van der Waals surface area contributed by atoms with Crippen LogP contribution in [-0.2, 0) is 10.3 Å². The number of nitrogens with zero attached hydrogens (tertiary/aromatic N) is 2. The number of rotatable bonds is 7. The smallest absolute Gasteiger partial charge is 0.244 e. The Morgan fingerprint density at radius 2 is 1.67 bits per heavy atom. The van der Waals surface area contributed by atoms with E-state index in [0.29, 0.717) is 12.0 Å². The van der Waals surface area contributed by atoms with Crippen LogP contribution < -0.4 is 16.4 Å². The number of pyridine rings is 2. The summed E-state index contributed by atoms with van der Waals surface area (Å²) in [7, 11) is 0. The van der Waals surface area contributed by atoms with Gasteiger partial charge in [0, 0.05) is 53.0 Å². The molecular weight excluding hydrogens is 482 g/mol. The van der Waals surface area contributed by atoms with E-state index >= 15 is 0 Å². The molecule has 190 valence electrons. The molecule has 2 heterocycles. The van der Waals surface area contributed by atoms with E-state index in [0.717, 1.165) is 44.7 Å². The van der Waals surface area contributed by atoms with Crippen molar-refractivity contribution < 1.29 is 4.79 Å². The summed E-state index contributed by atoms with van der Waals surface area (Å²) in [6, 6.07) is 30.6. The van der Waals surface area contributed by atoms with E-state index in [1.54, 1.807) is 24.7 Å². The van der Waals surface area contributed by atoms with Crippen LogP contribution in [-0.4, -0.2) is 15.9 Å². The number of nitrogens with two attached hydrogens (primary N) is 1. The minimum atomic E-state index is -0.716. The maximum atomic E-state index is 12.3. The summed E-state index contributed by atoms with van der Waals surface area (Å²) >= 11 is 0. The van der Waals surface area contributed by atoms with E-state index in [4.69, 9.17) is 5.73 Å². The van der Waals surface area contributed by atoms with Crippen molar-refractivity contribution in [2.24, 2.45) is 5.73 Å². The SMILES string of the molecule is NC(=O)C1=CC=CC(Nc2ccnc3ccc(-c4ccccc4)cc23)(c2cccc(Nc3ccncc3)c2)C1. The third-order valence-electron chi connectivity index (χ3n) is 7.02. The molecule has 0 radical (unpaired) electrons. The number of carbonyl (C=O) groups is 1. The van der Waals surface area contributed by atoms with E-state index in [1.807, 2.05) is 60.7 Å². The van der Waals surface area contributed by atoms with Crippen LogP contribution in [0, 0.1) is 0 Å². The summed E-state index contributed by atoms with van der Waals surface area (Å²) in [5.41, 5.74) is 12.5. The number of primary amides is 1. The maximum absolute atomic E-state index is 12.3. The van der Waals surface area contributed by atoms with Crippen molar-refractivity contribution in [3.8, 4) is 11.1 Å². The number of nitrogens with one attached hydrogen (secondary N) is 2. The highest BCUT2D eigenvalue weighted by Crippen LogP contribution is 2.40. The first-order valence-electron chi connectivity index (χ1n) is 12.8. The molecule has 3 aromatic carbocycles. The second-order valence-corrected chi connectivity index (χ2v) is 9.59. The standard InChI is InChI=1S/C33H27N5O/c34-32(39)25-8-5-16-33(22-25,26-9-4-10-28(21-26)37-27-13-17-35-18-14-27)38-31-15-19-36-30-12-11-24(20-29(30)31)23-6-2-1-3-7-23/h1-21H,22H2,(H2,34,39)(H,35,37)(H,36,38). The lowest BCUT2D eigenvalue weighted by Gasteiger charge is -2.36. The lowest BCUT2D eigenvalue weighted by atomic mass is 9.79. The number of carbonyl (C=O) groups excluding carboxylic acids is 1. The number of anilines is 3. The molecular formula is C33H27N5O. The van der Waals surface area contributed by atoms with E-state index in [-0.39, 0.29) is 0 Å². The summed E-state index contributed by atoms with van der Waals surface area (Å²) in [6.45, 7) is 0. The zero-order chi connectivity index (χ0) is 26.7. The number of fused-ring (bicyclic) bond motifs is 1. The van der Waals surface area contributed by atoms with Crippen LogP contribution in [0.5, 0.6) is 0 Å². The van der Waals surface area contributed by atoms with E-state index in [9.17, 15) is 4.79 Å². The van der Waals surface area contributed by atoms with Crippen LogP contribution in [0.15, 0.2) is 133 Å². The molecule has 0 saturated heterocycles. The van der Waals surface area contributed by atoms with Gasteiger partial charge in [0.2, 0.25) is 5.91 Å². The van der Waals surface area contributed by atoms with E-state index in [1.165, 1.54) is 0 Å². The van der Waals surface area contributed by atoms with Crippen LogP contribution in [0.1, 0.15) is 12.0 Å². The second-order valence-electron chi connectivity index (χ2n) is 9.59. The van der Waals surface area contributed by atoms with E-state index in [2.05, 4.69) is 63.1 Å². The lowest BCUT2D eigenvalue weighted by molar-refractivity contribution is -0.114. The zero-order valence-corrected chi connectivity index (χ0v) is 21.2. The van der Waals surface area contributed by atoms with Crippen LogP contribution in [0.2, 0.25) is 0 Å². The fourth-order valence-corrected chi connectivity index (χ4v) is 5.05. The summed E-state index contributed by atoms with van der Waals surface area (Å²) < 4.78 is 0. The highest BCUT2D eigenvalue weighted by atomic mass is 16.1. The molecule has 5 aromatic rings. The minimum Gasteiger partial charge on any atom is -0.371 e. The summed E-state index contributed by atoms with van der Waals surface area (Å²) in [6.07, 6.45) is 11.5. The number of benzene rings is 3. The monoisotopic (exact) mass is 509 g/mol. The quantitative estimate of drug-likeness (QED) is 0.226. The molecule has 6 nitrogen and oxygen atoms in total. The molecule has 0 bridgehead atoms. The van der Waals surface area contributed by atoms with Gasteiger partial charge in [-0.05, 0) is 59.2 Å². The van der Waals surface area contributed by atoms with Crippen molar-refractivity contribution in [3.63, 3.8) is 0 Å². The van der Waals surface area contributed by atoms with Crippen molar-refractivity contribution in [2.75, 3.05) is 10.6 Å². The Kier molecular flexibility index (Phi) is 6.35. The van der Waals surface area contributed by atoms with Crippen LogP contribution in [0.3, 0.4) is 0 Å². The molecule has 6 heteroatoms. The third-order valence-corrected chi connectivity index (χ3v) is 7.02. The normalized spacial score (nSPS) is 16.5. The largest absolute Gasteiger partial charge is 0.371 e. The van der Waals surface area contributed by atoms with Gasteiger partial charge in [0.1, 0.15) is 0 Å². The second kappa shape index (κ2) is 10.3. The predicted octanol–water partition coefficient (Wildman–Crippen LogP) is 6.72. The first kappa shape index (κ1) is 24.1. The molecule has 0 aliphatic heterocycles. The molecule has 0 fully saturated rings. The summed E-state index contributed by atoms with van der Waals surface area (Å²) in [5, 5.41) is 8.23. The molecule has 39 heavy (non-hydrogen) atoms. The highest BCUT2D eigenvalue weighted by molar-refractivity contribution is 5.96. The van der Waals surface area contributed by atoms with Crippen molar-refractivity contribution in [1.29, 1.82) is 0 Å². The van der Waals surface area contributed by atoms with Gasteiger partial charge in [-0.1, -0.05) is 66.8 Å². The predicted molar refractivity (Wildman–Crippen MR) is 157 cm³/mol. The molecule has 0 saturated carbocycles. The number of amides is 1. The molecule has 1 unspecified atom stereocenters. The van der Waals surface area contributed by atoms with Gasteiger partial charge in [-0.2, -0.15) is 0 Å². The number of allylic oxidation sites excluding steroid dienone is 2. The fraction of sp³-hybridized carbons (Fsp3) is 0.0606. The van der Waals surface area contributed by atoms with Gasteiger partial charge in [0.15, 0.2) is 0 Å². The topological polar surface area (TPSA) is 92.9 Å². The highest BCUT2D eigenvalue weighted by Gasteiger charge is 2.34.